The summed E-state index contributed by atoms with van der Waals surface area (Å²) in [6, 6.07) is 6.93. The Hall–Kier alpha value is -1.49. The number of aliphatic hydroxyl groups excluding tert-OH is 1. The largest absolute Gasteiger partial charge is 0.391 e. The third-order valence-corrected chi connectivity index (χ3v) is 4.58. The topological polar surface area (TPSA) is 70.6 Å². The number of anilines is 2. The van der Waals surface area contributed by atoms with Crippen molar-refractivity contribution in [1.29, 1.82) is 0 Å². The summed E-state index contributed by atoms with van der Waals surface area (Å²) in [6.45, 7) is 1.78. The number of hydrogen-bond donors (Lipinski definition) is 3. The number of hydrogen-bond acceptors (Lipinski definition) is 4. The Balaban J connectivity index is 2.21. The fraction of sp³-hybridized carbons (Fsp3) is 0.278. The maximum absolute atomic E-state index is 14.3. The first-order valence-electron chi connectivity index (χ1n) is 8.13. The minimum Gasteiger partial charge on any atom is -0.391 e. The fourth-order valence-electron chi connectivity index (χ4n) is 2.26. The Bertz CT molecular complexity index is 823. The highest BCUT2D eigenvalue weighted by molar-refractivity contribution is 14.1. The van der Waals surface area contributed by atoms with Crippen molar-refractivity contribution < 1.29 is 23.5 Å². The molecule has 146 valence electrons. The van der Waals surface area contributed by atoms with E-state index in [1.54, 1.807) is 18.2 Å². The van der Waals surface area contributed by atoms with E-state index in [0.717, 1.165) is 22.1 Å². The average molecular weight is 511 g/mol. The number of nitrogens with one attached hydrogen (secondary N) is 2. The van der Waals surface area contributed by atoms with Gasteiger partial charge < -0.3 is 10.4 Å². The molecule has 0 fully saturated rings. The van der Waals surface area contributed by atoms with Crippen molar-refractivity contribution in [2.75, 3.05) is 11.9 Å². The van der Waals surface area contributed by atoms with Gasteiger partial charge in [-0.2, -0.15) is 0 Å². The monoisotopic (exact) mass is 510 g/mol. The molecule has 5 nitrogen and oxygen atoms in total. The lowest BCUT2D eigenvalue weighted by molar-refractivity contribution is -0.0149. The van der Waals surface area contributed by atoms with Crippen LogP contribution >= 0.6 is 34.2 Å². The van der Waals surface area contributed by atoms with Gasteiger partial charge in [0.1, 0.15) is 6.61 Å². The first kappa shape index (κ1) is 21.8. The van der Waals surface area contributed by atoms with Gasteiger partial charge in [0.15, 0.2) is 11.6 Å². The van der Waals surface area contributed by atoms with Crippen LogP contribution in [0, 0.1) is 15.2 Å². The molecule has 27 heavy (non-hydrogen) atoms. The van der Waals surface area contributed by atoms with E-state index in [2.05, 4.69) is 33.4 Å². The zero-order valence-electron chi connectivity index (χ0n) is 14.4. The van der Waals surface area contributed by atoms with Crippen molar-refractivity contribution in [2.24, 2.45) is 0 Å². The smallest absolute Gasteiger partial charge is 0.277 e. The third kappa shape index (κ3) is 6.00. The Morgan fingerprint density at radius 2 is 2.07 bits per heavy atom. The molecule has 3 N–H and O–H groups in total. The highest BCUT2D eigenvalue weighted by Gasteiger charge is 2.20. The molecular formula is C18H18ClF2IN2O3. The number of halogens is 4. The van der Waals surface area contributed by atoms with Gasteiger partial charge in [0.05, 0.1) is 28.1 Å². The van der Waals surface area contributed by atoms with Gasteiger partial charge in [-0.25, -0.2) is 14.3 Å². The van der Waals surface area contributed by atoms with E-state index < -0.39 is 23.6 Å². The molecule has 9 heteroatoms. The van der Waals surface area contributed by atoms with E-state index in [1.807, 2.05) is 6.92 Å². The zero-order chi connectivity index (χ0) is 20.0. The second-order valence-corrected chi connectivity index (χ2v) is 7.37. The summed E-state index contributed by atoms with van der Waals surface area (Å²) >= 11 is 8.18. The molecule has 1 unspecified atom stereocenters. The Morgan fingerprint density at radius 1 is 1.33 bits per heavy atom. The van der Waals surface area contributed by atoms with E-state index in [9.17, 15) is 18.7 Å². The number of carbonyl (C=O) groups excluding carboxylic acids is 1. The van der Waals surface area contributed by atoms with Gasteiger partial charge >= 0.3 is 0 Å². The molecule has 0 aliphatic heterocycles. The predicted octanol–water partition coefficient (Wildman–Crippen LogP) is 4.79. The number of rotatable bonds is 8. The number of aliphatic hydroxyl groups is 1. The lowest BCUT2D eigenvalue weighted by atomic mass is 10.1. The summed E-state index contributed by atoms with van der Waals surface area (Å²) in [5.41, 5.74) is 1.90. The number of benzene rings is 2. The SMILES string of the molecule is CCCC(O)CONC(=O)c1ccc(F)c(F)c1Nc1ccc(I)cc1Cl. The molecule has 0 bridgehead atoms. The zero-order valence-corrected chi connectivity index (χ0v) is 17.3. The normalized spacial score (nSPS) is 11.9. The number of hydroxylamine groups is 1. The summed E-state index contributed by atoms with van der Waals surface area (Å²) in [7, 11) is 0. The van der Waals surface area contributed by atoms with E-state index in [0.29, 0.717) is 12.1 Å². The van der Waals surface area contributed by atoms with Crippen molar-refractivity contribution in [3.63, 3.8) is 0 Å². The van der Waals surface area contributed by atoms with Crippen LogP contribution in [0.3, 0.4) is 0 Å². The summed E-state index contributed by atoms with van der Waals surface area (Å²) < 4.78 is 28.9. The summed E-state index contributed by atoms with van der Waals surface area (Å²) in [6.07, 6.45) is 0.537. The van der Waals surface area contributed by atoms with Crippen LogP contribution in [-0.4, -0.2) is 23.7 Å². The van der Waals surface area contributed by atoms with Gasteiger partial charge in [-0.1, -0.05) is 24.9 Å². The highest BCUT2D eigenvalue weighted by Crippen LogP contribution is 2.31. The van der Waals surface area contributed by atoms with Crippen LogP contribution in [0.15, 0.2) is 30.3 Å². The quantitative estimate of drug-likeness (QED) is 0.353. The summed E-state index contributed by atoms with van der Waals surface area (Å²) in [5.74, 6) is -3.13. The average Bonchev–Trinajstić information content (AvgIpc) is 2.61. The Labute approximate surface area is 174 Å². The predicted molar refractivity (Wildman–Crippen MR) is 108 cm³/mol. The Morgan fingerprint density at radius 3 is 2.74 bits per heavy atom. The lowest BCUT2D eigenvalue weighted by Crippen LogP contribution is -2.29. The van der Waals surface area contributed by atoms with Crippen LogP contribution in [0.2, 0.25) is 5.02 Å². The Kier molecular flexibility index (Phi) is 8.21. The molecule has 0 aliphatic carbocycles. The molecule has 0 saturated heterocycles. The second-order valence-electron chi connectivity index (χ2n) is 5.72. The molecule has 1 amide bonds. The minimum absolute atomic E-state index is 0.116. The molecule has 0 aliphatic rings. The van der Waals surface area contributed by atoms with Crippen LogP contribution in [0.4, 0.5) is 20.2 Å². The maximum atomic E-state index is 14.3. The van der Waals surface area contributed by atoms with Crippen molar-refractivity contribution in [3.8, 4) is 0 Å². The minimum atomic E-state index is -1.22. The first-order chi connectivity index (χ1) is 12.8. The molecule has 1 atom stereocenters. The van der Waals surface area contributed by atoms with E-state index in [-0.39, 0.29) is 22.9 Å². The molecule has 0 radical (unpaired) electrons. The highest BCUT2D eigenvalue weighted by atomic mass is 127. The maximum Gasteiger partial charge on any atom is 0.277 e. The van der Waals surface area contributed by atoms with Crippen LogP contribution in [0.5, 0.6) is 0 Å². The summed E-state index contributed by atoms with van der Waals surface area (Å²) in [5, 5.41) is 12.6. The van der Waals surface area contributed by atoms with Gasteiger partial charge in [-0.3, -0.25) is 9.63 Å². The molecule has 0 aromatic heterocycles. The molecular weight excluding hydrogens is 493 g/mol. The second kappa shape index (κ2) is 10.2. The van der Waals surface area contributed by atoms with Crippen molar-refractivity contribution in [2.45, 2.75) is 25.9 Å². The van der Waals surface area contributed by atoms with Gasteiger partial charge in [-0.05, 0) is 59.3 Å². The van der Waals surface area contributed by atoms with Crippen molar-refractivity contribution in [3.05, 3.63) is 56.1 Å². The molecule has 0 spiro atoms. The van der Waals surface area contributed by atoms with E-state index in [1.165, 1.54) is 0 Å². The fourth-order valence-corrected chi connectivity index (χ4v) is 3.17. The summed E-state index contributed by atoms with van der Waals surface area (Å²) in [4.78, 5) is 17.3. The van der Waals surface area contributed by atoms with Crippen LogP contribution in [0.1, 0.15) is 30.1 Å². The van der Waals surface area contributed by atoms with Crippen molar-refractivity contribution in [1.82, 2.24) is 5.48 Å². The molecule has 0 heterocycles. The van der Waals surface area contributed by atoms with E-state index in [4.69, 9.17) is 16.4 Å². The molecule has 2 rings (SSSR count). The number of amides is 1. The first-order valence-corrected chi connectivity index (χ1v) is 9.59. The van der Waals surface area contributed by atoms with Gasteiger partial charge in [0, 0.05) is 3.57 Å². The van der Waals surface area contributed by atoms with Gasteiger partial charge in [0.25, 0.3) is 5.91 Å². The number of carbonyl (C=O) groups is 1. The molecule has 2 aromatic carbocycles. The van der Waals surface area contributed by atoms with Crippen LogP contribution in [-0.2, 0) is 4.84 Å². The van der Waals surface area contributed by atoms with Crippen LogP contribution in [0.25, 0.3) is 0 Å². The van der Waals surface area contributed by atoms with Crippen molar-refractivity contribution >= 4 is 51.5 Å². The van der Waals surface area contributed by atoms with E-state index >= 15 is 0 Å². The lowest BCUT2D eigenvalue weighted by Gasteiger charge is -2.15. The molecule has 0 saturated carbocycles. The van der Waals surface area contributed by atoms with Crippen LogP contribution < -0.4 is 10.8 Å². The standard InChI is InChI=1S/C18H18ClF2IN2O3/c1-2-3-11(25)9-27-24-18(26)12-5-6-14(20)16(21)17(12)23-15-7-4-10(22)8-13(15)19/h4-8,11,23,25H,2-3,9H2,1H3,(H,24,26). The van der Waals surface area contributed by atoms with Gasteiger partial charge in [-0.15, -0.1) is 0 Å². The van der Waals surface area contributed by atoms with Gasteiger partial charge in [0.2, 0.25) is 0 Å². The molecule has 2 aromatic rings. The third-order valence-electron chi connectivity index (χ3n) is 3.59.